The van der Waals surface area contributed by atoms with Gasteiger partial charge in [0, 0.05) is 28.2 Å². The quantitative estimate of drug-likeness (QED) is 0.167. The molecule has 0 aliphatic heterocycles. The first-order valence-electron chi connectivity index (χ1n) is 11.2. The Labute approximate surface area is 229 Å². The number of hydrogen-bond acceptors (Lipinski definition) is 4. The van der Waals surface area contributed by atoms with Crippen molar-refractivity contribution >= 4 is 51.0 Å². The number of nitrogens with zero attached hydrogens (tertiary/aromatic N) is 2. The Morgan fingerprint density at radius 2 is 1.56 bits per heavy atom. The summed E-state index contributed by atoms with van der Waals surface area (Å²) in [5.41, 5.74) is 3.33. The summed E-state index contributed by atoms with van der Waals surface area (Å²) in [6.07, 6.45) is 1.94. The third kappa shape index (κ3) is 7.03. The fourth-order valence-electron chi connectivity index (χ4n) is 3.59. The molecule has 0 spiro atoms. The molecule has 5 nitrogen and oxygen atoms in total. The van der Waals surface area contributed by atoms with E-state index >= 15 is 0 Å². The van der Waals surface area contributed by atoms with Crippen LogP contribution in [0.4, 0.5) is 10.5 Å². The van der Waals surface area contributed by atoms with E-state index in [9.17, 15) is 4.79 Å². The second-order valence-electron chi connectivity index (χ2n) is 8.10. The number of carbonyl (C=O) groups excluding carboxylic acids is 1. The van der Waals surface area contributed by atoms with Gasteiger partial charge in [0.25, 0.3) is 0 Å². The topological polar surface area (TPSA) is 54.5 Å². The van der Waals surface area contributed by atoms with Gasteiger partial charge < -0.3 is 15.0 Å². The highest BCUT2D eigenvalue weighted by Gasteiger charge is 2.19. The molecule has 36 heavy (non-hydrogen) atoms. The minimum absolute atomic E-state index is 0.253. The third-order valence-electron chi connectivity index (χ3n) is 5.37. The Hall–Kier alpha value is -3.00. The maximum absolute atomic E-state index is 13.5. The van der Waals surface area contributed by atoms with Crippen LogP contribution in [0, 0.1) is 6.92 Å². The summed E-state index contributed by atoms with van der Waals surface area (Å²) in [6, 6.07) is 27.0. The van der Waals surface area contributed by atoms with Crippen molar-refractivity contribution in [1.82, 2.24) is 9.88 Å². The highest BCUT2D eigenvalue weighted by atomic mass is 79.9. The van der Waals surface area contributed by atoms with Crippen molar-refractivity contribution in [3.05, 3.63) is 111 Å². The Morgan fingerprint density at radius 1 is 0.972 bits per heavy atom. The Morgan fingerprint density at radius 3 is 2.17 bits per heavy atom. The molecule has 0 saturated heterocycles. The van der Waals surface area contributed by atoms with Crippen LogP contribution in [-0.4, -0.2) is 22.2 Å². The van der Waals surface area contributed by atoms with Crippen molar-refractivity contribution in [3.63, 3.8) is 0 Å². The van der Waals surface area contributed by atoms with Crippen LogP contribution in [0.25, 0.3) is 0 Å². The zero-order chi connectivity index (χ0) is 25.5. The van der Waals surface area contributed by atoms with E-state index in [-0.39, 0.29) is 11.2 Å². The van der Waals surface area contributed by atoms with E-state index in [4.69, 9.17) is 16.3 Å². The zero-order valence-electron chi connectivity index (χ0n) is 19.9. The summed E-state index contributed by atoms with van der Waals surface area (Å²) in [5.74, 6) is 1.48. The van der Waals surface area contributed by atoms with Gasteiger partial charge in [-0.25, -0.2) is 9.78 Å². The van der Waals surface area contributed by atoms with Crippen molar-refractivity contribution in [1.29, 1.82) is 0 Å². The number of benzene rings is 3. The molecular weight excluding hydrogens is 558 g/mol. The number of urea groups is 1. The highest BCUT2D eigenvalue weighted by molar-refractivity contribution is 9.10. The lowest BCUT2D eigenvalue weighted by molar-refractivity contribution is 0.206. The fraction of sp³-hybridized carbons (Fsp3) is 0.143. The predicted molar refractivity (Wildman–Crippen MR) is 151 cm³/mol. The van der Waals surface area contributed by atoms with Crippen LogP contribution in [0.1, 0.15) is 16.8 Å². The van der Waals surface area contributed by atoms with Gasteiger partial charge in [-0.1, -0.05) is 70.0 Å². The maximum atomic E-state index is 13.5. The van der Waals surface area contributed by atoms with Crippen molar-refractivity contribution in [2.24, 2.45) is 0 Å². The van der Waals surface area contributed by atoms with Crippen molar-refractivity contribution in [3.8, 4) is 11.5 Å². The van der Waals surface area contributed by atoms with Crippen LogP contribution >= 0.6 is 39.3 Å². The summed E-state index contributed by atoms with van der Waals surface area (Å²) in [6.45, 7) is 2.73. The molecule has 2 amide bonds. The van der Waals surface area contributed by atoms with E-state index in [1.165, 1.54) is 11.8 Å². The number of thioether (sulfide) groups is 1. The number of carbonyl (C=O) groups is 1. The molecule has 0 saturated carbocycles. The number of halogens is 2. The summed E-state index contributed by atoms with van der Waals surface area (Å²) in [5, 5.41) is 3.27. The standard InChI is InChI=1S/C28H25BrClN3O2S/c1-19-16-25(36-2)26(27(30)31-19)32-28(34)33(17-20-6-4-3-5-7-20)18-21-8-12-23(13-9-21)35-24-14-10-22(29)11-15-24/h3-16H,17-18H2,1-2H3,(H,32,34). The molecule has 4 aromatic rings. The minimum Gasteiger partial charge on any atom is -0.457 e. The van der Waals surface area contributed by atoms with E-state index in [1.54, 1.807) is 4.90 Å². The van der Waals surface area contributed by atoms with Crippen LogP contribution in [0.5, 0.6) is 11.5 Å². The number of aromatic nitrogens is 1. The van der Waals surface area contributed by atoms with Crippen LogP contribution in [0.3, 0.4) is 0 Å². The first-order chi connectivity index (χ1) is 17.4. The van der Waals surface area contributed by atoms with Crippen molar-refractivity contribution < 1.29 is 9.53 Å². The molecule has 0 unspecified atom stereocenters. The lowest BCUT2D eigenvalue weighted by atomic mass is 10.1. The summed E-state index contributed by atoms with van der Waals surface area (Å²) in [4.78, 5) is 20.4. The van der Waals surface area contributed by atoms with Gasteiger partial charge in [-0.15, -0.1) is 11.8 Å². The number of hydrogen-bond donors (Lipinski definition) is 1. The van der Waals surface area contributed by atoms with E-state index in [0.29, 0.717) is 18.8 Å². The molecule has 1 heterocycles. The van der Waals surface area contributed by atoms with Gasteiger partial charge >= 0.3 is 6.03 Å². The molecule has 0 aliphatic rings. The van der Waals surface area contributed by atoms with Gasteiger partial charge in [-0.05, 0) is 66.8 Å². The molecule has 4 rings (SSSR count). The molecule has 0 radical (unpaired) electrons. The molecule has 3 aromatic carbocycles. The highest BCUT2D eigenvalue weighted by Crippen LogP contribution is 2.32. The largest absolute Gasteiger partial charge is 0.457 e. The Kier molecular flexibility index (Phi) is 8.91. The van der Waals surface area contributed by atoms with Crippen LogP contribution in [-0.2, 0) is 13.1 Å². The Balaban J connectivity index is 1.53. The first kappa shape index (κ1) is 26.1. The number of ether oxygens (including phenoxy) is 1. The average Bonchev–Trinajstić information content (AvgIpc) is 2.88. The molecular formula is C28H25BrClN3O2S. The van der Waals surface area contributed by atoms with Gasteiger partial charge in [0.2, 0.25) is 0 Å². The average molecular weight is 583 g/mol. The van der Waals surface area contributed by atoms with E-state index in [1.807, 2.05) is 98.1 Å². The van der Waals surface area contributed by atoms with E-state index < -0.39 is 0 Å². The second-order valence-corrected chi connectivity index (χ2v) is 10.2. The molecule has 1 N–H and O–H groups in total. The zero-order valence-corrected chi connectivity index (χ0v) is 23.0. The Bertz CT molecular complexity index is 1320. The lowest BCUT2D eigenvalue weighted by Crippen LogP contribution is -2.34. The SMILES string of the molecule is CSc1cc(C)nc(Cl)c1NC(=O)N(Cc1ccccc1)Cc1ccc(Oc2ccc(Br)cc2)cc1. The van der Waals surface area contributed by atoms with E-state index in [0.717, 1.165) is 37.7 Å². The summed E-state index contributed by atoms with van der Waals surface area (Å²) < 4.78 is 6.92. The maximum Gasteiger partial charge on any atom is 0.322 e. The first-order valence-corrected chi connectivity index (χ1v) is 13.6. The van der Waals surface area contributed by atoms with Gasteiger partial charge in [-0.2, -0.15) is 0 Å². The monoisotopic (exact) mass is 581 g/mol. The molecule has 184 valence electrons. The molecule has 0 atom stereocenters. The van der Waals surface area contributed by atoms with E-state index in [2.05, 4.69) is 26.2 Å². The molecule has 8 heteroatoms. The summed E-state index contributed by atoms with van der Waals surface area (Å²) >= 11 is 11.3. The van der Waals surface area contributed by atoms with Gasteiger partial charge in [-0.3, -0.25) is 0 Å². The number of amides is 2. The third-order valence-corrected chi connectivity index (χ3v) is 6.93. The van der Waals surface area contributed by atoms with Gasteiger partial charge in [0.15, 0.2) is 5.15 Å². The van der Waals surface area contributed by atoms with Crippen molar-refractivity contribution in [2.45, 2.75) is 24.9 Å². The van der Waals surface area contributed by atoms with Crippen LogP contribution < -0.4 is 10.1 Å². The molecule has 0 aliphatic carbocycles. The van der Waals surface area contributed by atoms with Crippen molar-refractivity contribution in [2.75, 3.05) is 11.6 Å². The molecule has 0 fully saturated rings. The number of rotatable bonds is 8. The fourth-order valence-corrected chi connectivity index (χ4v) is 4.83. The molecule has 1 aromatic heterocycles. The smallest absolute Gasteiger partial charge is 0.322 e. The van der Waals surface area contributed by atoms with Crippen LogP contribution in [0.2, 0.25) is 5.15 Å². The second kappa shape index (κ2) is 12.3. The number of anilines is 1. The van der Waals surface area contributed by atoms with Gasteiger partial charge in [0.1, 0.15) is 11.5 Å². The number of nitrogens with one attached hydrogen (secondary N) is 1. The summed E-state index contributed by atoms with van der Waals surface area (Å²) in [7, 11) is 0. The minimum atomic E-state index is -0.253. The predicted octanol–water partition coefficient (Wildman–Crippen LogP) is 8.55. The lowest BCUT2D eigenvalue weighted by Gasteiger charge is -2.24. The normalized spacial score (nSPS) is 10.7. The van der Waals surface area contributed by atoms with Gasteiger partial charge in [0.05, 0.1) is 5.69 Å². The number of pyridine rings is 1. The molecule has 0 bridgehead atoms. The number of aryl methyl sites for hydroxylation is 1. The van der Waals surface area contributed by atoms with Crippen LogP contribution in [0.15, 0.2) is 94.3 Å².